The number of hydrogen-bond acceptors (Lipinski definition) is 1. The zero-order chi connectivity index (χ0) is 9.42. The van der Waals surface area contributed by atoms with Crippen LogP contribution in [-0.2, 0) is 5.88 Å². The van der Waals surface area contributed by atoms with Gasteiger partial charge in [0, 0.05) is 20.8 Å². The molecule has 0 spiro atoms. The Labute approximate surface area is 92.5 Å². The molecule has 0 unspecified atom stereocenters. The minimum atomic E-state index is -0.191. The van der Waals surface area contributed by atoms with E-state index >= 15 is 0 Å². The van der Waals surface area contributed by atoms with Crippen LogP contribution < -0.4 is 0 Å². The molecule has 0 atom stereocenters. The Hall–Kier alpha value is -0.120. The van der Waals surface area contributed by atoms with Gasteiger partial charge in [0.1, 0.15) is 5.82 Å². The van der Waals surface area contributed by atoms with Crippen LogP contribution >= 0.6 is 38.9 Å². The van der Waals surface area contributed by atoms with E-state index in [9.17, 15) is 4.39 Å². The number of fused-ring (bicyclic) bond motifs is 1. The van der Waals surface area contributed by atoms with Crippen LogP contribution in [0.1, 0.15) is 5.56 Å². The molecule has 4 heteroatoms. The molecule has 0 fully saturated rings. The Balaban J connectivity index is 2.80. The lowest BCUT2D eigenvalue weighted by atomic mass is 10.2. The highest BCUT2D eigenvalue weighted by molar-refractivity contribution is 9.10. The van der Waals surface area contributed by atoms with Crippen LogP contribution in [0.4, 0.5) is 4.39 Å². The Kier molecular flexibility index (Phi) is 2.58. The zero-order valence-electron chi connectivity index (χ0n) is 6.48. The minimum absolute atomic E-state index is 0.191. The summed E-state index contributed by atoms with van der Waals surface area (Å²) in [4.78, 5) is 0. The van der Waals surface area contributed by atoms with Crippen molar-refractivity contribution in [2.45, 2.75) is 5.88 Å². The molecule has 0 aliphatic rings. The number of hydrogen-bond donors (Lipinski definition) is 0. The molecule has 0 saturated heterocycles. The lowest BCUT2D eigenvalue weighted by molar-refractivity contribution is 0.631. The van der Waals surface area contributed by atoms with Gasteiger partial charge in [-0.3, -0.25) is 0 Å². The minimum Gasteiger partial charge on any atom is -0.205 e. The maximum absolute atomic E-state index is 13.6. The summed E-state index contributed by atoms with van der Waals surface area (Å²) in [6.45, 7) is 0. The van der Waals surface area contributed by atoms with Gasteiger partial charge in [-0.2, -0.15) is 0 Å². The van der Waals surface area contributed by atoms with Crippen molar-refractivity contribution in [2.24, 2.45) is 0 Å². The number of thiophene rings is 1. The lowest BCUT2D eigenvalue weighted by Gasteiger charge is -1.98. The maximum Gasteiger partial charge on any atom is 0.145 e. The number of benzene rings is 1. The maximum atomic E-state index is 13.6. The highest BCUT2D eigenvalue weighted by atomic mass is 79.9. The second-order valence-electron chi connectivity index (χ2n) is 2.63. The Morgan fingerprint density at radius 1 is 1.46 bits per heavy atom. The van der Waals surface area contributed by atoms with Gasteiger partial charge < -0.3 is 0 Å². The Morgan fingerprint density at radius 2 is 2.23 bits per heavy atom. The molecule has 0 aliphatic carbocycles. The second-order valence-corrected chi connectivity index (χ2v) is 4.63. The van der Waals surface area contributed by atoms with Crippen molar-refractivity contribution < 1.29 is 4.39 Å². The van der Waals surface area contributed by atoms with E-state index in [0.717, 1.165) is 9.86 Å². The van der Waals surface area contributed by atoms with Crippen molar-refractivity contribution in [2.75, 3.05) is 0 Å². The molecular weight excluding hydrogens is 275 g/mol. The molecule has 2 rings (SSSR count). The Morgan fingerprint density at radius 3 is 2.92 bits per heavy atom. The second kappa shape index (κ2) is 3.56. The summed E-state index contributed by atoms with van der Waals surface area (Å²) in [5.74, 6) is 0.0281. The summed E-state index contributed by atoms with van der Waals surface area (Å²) in [5.41, 5.74) is 0.559. The predicted octanol–water partition coefficient (Wildman–Crippen LogP) is 4.54. The van der Waals surface area contributed by atoms with E-state index in [0.29, 0.717) is 10.3 Å². The van der Waals surface area contributed by atoms with E-state index in [1.165, 1.54) is 11.3 Å². The highest BCUT2D eigenvalue weighted by Gasteiger charge is 2.09. The van der Waals surface area contributed by atoms with E-state index in [1.54, 1.807) is 6.07 Å². The fourth-order valence-corrected chi connectivity index (χ4v) is 3.01. The van der Waals surface area contributed by atoms with Gasteiger partial charge in [0.15, 0.2) is 0 Å². The summed E-state index contributed by atoms with van der Waals surface area (Å²) in [6, 6.07) is 3.61. The fraction of sp³-hybridized carbons (Fsp3) is 0.111. The highest BCUT2D eigenvalue weighted by Crippen LogP contribution is 2.33. The summed E-state index contributed by atoms with van der Waals surface area (Å²) in [7, 11) is 0. The molecule has 0 N–H and O–H groups in total. The van der Waals surface area contributed by atoms with E-state index in [-0.39, 0.29) is 11.7 Å². The predicted molar refractivity (Wildman–Crippen MR) is 59.0 cm³/mol. The van der Waals surface area contributed by atoms with Gasteiger partial charge in [-0.15, -0.1) is 22.9 Å². The molecule has 1 aromatic carbocycles. The molecule has 13 heavy (non-hydrogen) atoms. The first-order valence-corrected chi connectivity index (χ1v) is 5.85. The first-order chi connectivity index (χ1) is 6.24. The van der Waals surface area contributed by atoms with Crippen LogP contribution in [-0.4, -0.2) is 0 Å². The summed E-state index contributed by atoms with van der Waals surface area (Å²) in [6.07, 6.45) is 0. The van der Waals surface area contributed by atoms with Crippen molar-refractivity contribution in [3.63, 3.8) is 0 Å². The van der Waals surface area contributed by atoms with E-state index in [2.05, 4.69) is 15.9 Å². The van der Waals surface area contributed by atoms with Gasteiger partial charge in [-0.25, -0.2) is 4.39 Å². The SMILES string of the molecule is Fc1c(CCl)ccc2c(Br)csc12. The quantitative estimate of drug-likeness (QED) is 0.672. The van der Waals surface area contributed by atoms with Crippen LogP contribution in [0.5, 0.6) is 0 Å². The number of rotatable bonds is 1. The van der Waals surface area contributed by atoms with Gasteiger partial charge in [0.2, 0.25) is 0 Å². The summed E-state index contributed by atoms with van der Waals surface area (Å²) >= 11 is 10.3. The third-order valence-corrected chi connectivity index (χ3v) is 4.09. The molecule has 1 heterocycles. The summed E-state index contributed by atoms with van der Waals surface area (Å²) in [5, 5.41) is 2.79. The van der Waals surface area contributed by atoms with Crippen LogP contribution in [0.25, 0.3) is 10.1 Å². The van der Waals surface area contributed by atoms with Gasteiger partial charge >= 0.3 is 0 Å². The first-order valence-electron chi connectivity index (χ1n) is 3.64. The van der Waals surface area contributed by atoms with E-state index in [4.69, 9.17) is 11.6 Å². The number of halogens is 3. The van der Waals surface area contributed by atoms with Crippen LogP contribution in [0.3, 0.4) is 0 Å². The molecule has 0 bridgehead atoms. The standard InChI is InChI=1S/C9H5BrClFS/c10-7-4-13-9-6(7)2-1-5(3-11)8(9)12/h1-2,4H,3H2. The molecule has 2 aromatic rings. The molecule has 0 amide bonds. The molecule has 0 saturated carbocycles. The lowest BCUT2D eigenvalue weighted by Crippen LogP contribution is -1.84. The van der Waals surface area contributed by atoms with Crippen molar-refractivity contribution in [3.8, 4) is 0 Å². The normalized spacial score (nSPS) is 11.0. The third-order valence-electron chi connectivity index (χ3n) is 1.86. The average molecular weight is 280 g/mol. The monoisotopic (exact) mass is 278 g/mol. The third kappa shape index (κ3) is 1.49. The van der Waals surface area contributed by atoms with Crippen LogP contribution in [0.15, 0.2) is 22.0 Å². The smallest absolute Gasteiger partial charge is 0.145 e. The van der Waals surface area contributed by atoms with Gasteiger partial charge in [0.25, 0.3) is 0 Å². The van der Waals surface area contributed by atoms with Gasteiger partial charge in [-0.1, -0.05) is 12.1 Å². The fourth-order valence-electron chi connectivity index (χ4n) is 1.18. The average Bonchev–Trinajstić information content (AvgIpc) is 2.50. The summed E-state index contributed by atoms with van der Waals surface area (Å²) < 4.78 is 15.2. The first kappa shape index (κ1) is 9.44. The molecule has 0 aliphatic heterocycles. The molecule has 1 aromatic heterocycles. The topological polar surface area (TPSA) is 0 Å². The van der Waals surface area contributed by atoms with Crippen molar-refractivity contribution in [1.82, 2.24) is 0 Å². The van der Waals surface area contributed by atoms with Gasteiger partial charge in [0.05, 0.1) is 10.6 Å². The van der Waals surface area contributed by atoms with E-state index < -0.39 is 0 Å². The molecule has 0 radical (unpaired) electrons. The zero-order valence-corrected chi connectivity index (χ0v) is 9.64. The van der Waals surface area contributed by atoms with E-state index in [1.807, 2.05) is 11.4 Å². The van der Waals surface area contributed by atoms with Crippen molar-refractivity contribution in [1.29, 1.82) is 0 Å². The van der Waals surface area contributed by atoms with Crippen molar-refractivity contribution in [3.05, 3.63) is 33.4 Å². The van der Waals surface area contributed by atoms with Crippen molar-refractivity contribution >= 4 is 49.0 Å². The molecule has 0 nitrogen and oxygen atoms in total. The van der Waals surface area contributed by atoms with Crippen LogP contribution in [0, 0.1) is 5.82 Å². The Bertz CT molecular complexity index is 452. The number of alkyl halides is 1. The van der Waals surface area contributed by atoms with Crippen LogP contribution in [0.2, 0.25) is 0 Å². The molecular formula is C9H5BrClFS. The molecule has 68 valence electrons. The largest absolute Gasteiger partial charge is 0.205 e. The van der Waals surface area contributed by atoms with Gasteiger partial charge in [-0.05, 0) is 15.9 Å².